The van der Waals surface area contributed by atoms with Crippen LogP contribution in [0.15, 0.2) is 36.7 Å². The molecule has 0 unspecified atom stereocenters. The molecule has 4 heteroatoms. The minimum atomic E-state index is 0. The van der Waals surface area contributed by atoms with Crippen LogP contribution in [-0.4, -0.2) is 11.7 Å². The number of halogens is 1. The summed E-state index contributed by atoms with van der Waals surface area (Å²) in [6.07, 6.45) is 8.26. The zero-order valence-electron chi connectivity index (χ0n) is 10.8. The van der Waals surface area contributed by atoms with E-state index in [1.807, 2.05) is 50.8 Å². The average molecular weight is 356 g/mol. The Kier molecular flexibility index (Phi) is 5.40. The van der Waals surface area contributed by atoms with Gasteiger partial charge in [-0.15, -0.1) is 0 Å². The summed E-state index contributed by atoms with van der Waals surface area (Å²) in [5.74, 6) is 2.03. The Morgan fingerprint density at radius 2 is 1.83 bits per heavy atom. The van der Waals surface area contributed by atoms with Gasteiger partial charge in [0.1, 0.15) is 18.1 Å². The highest BCUT2D eigenvalue weighted by Crippen LogP contribution is 2.13. The summed E-state index contributed by atoms with van der Waals surface area (Å²) in [6.45, 7) is 0. The smallest absolute Gasteiger partial charge is 0.280 e. The molecule has 1 aromatic heterocycles. The van der Waals surface area contributed by atoms with E-state index in [9.17, 15) is 0 Å². The van der Waals surface area contributed by atoms with Crippen LogP contribution in [0, 0.1) is 0 Å². The van der Waals surface area contributed by atoms with E-state index in [0.717, 1.165) is 17.1 Å². The Balaban J connectivity index is 0.00000162. The predicted octanol–water partition coefficient (Wildman–Crippen LogP) is -0.967. The van der Waals surface area contributed by atoms with E-state index in [4.69, 9.17) is 4.74 Å². The lowest BCUT2D eigenvalue weighted by molar-refractivity contribution is -0.672. The van der Waals surface area contributed by atoms with Gasteiger partial charge in [-0.05, 0) is 23.8 Å². The Labute approximate surface area is 125 Å². The minimum absolute atomic E-state index is 0. The van der Waals surface area contributed by atoms with Gasteiger partial charge in [-0.3, -0.25) is 0 Å². The van der Waals surface area contributed by atoms with Crippen LogP contribution in [0.2, 0.25) is 0 Å². The molecule has 0 aliphatic rings. The summed E-state index contributed by atoms with van der Waals surface area (Å²) < 4.78 is 9.29. The second-order valence-corrected chi connectivity index (χ2v) is 3.98. The van der Waals surface area contributed by atoms with E-state index in [2.05, 4.69) is 21.3 Å². The van der Waals surface area contributed by atoms with Crippen molar-refractivity contribution in [3.05, 3.63) is 48.0 Å². The van der Waals surface area contributed by atoms with Gasteiger partial charge in [-0.25, -0.2) is 9.13 Å². The lowest BCUT2D eigenvalue weighted by atomic mass is 10.2. The lowest BCUT2D eigenvalue weighted by Crippen LogP contribution is -3.00. The first-order valence-corrected chi connectivity index (χ1v) is 5.54. The monoisotopic (exact) mass is 356 g/mol. The first-order valence-electron chi connectivity index (χ1n) is 5.54. The van der Waals surface area contributed by atoms with E-state index in [-0.39, 0.29) is 24.0 Å². The van der Waals surface area contributed by atoms with Crippen molar-refractivity contribution in [3.8, 4) is 5.75 Å². The lowest BCUT2D eigenvalue weighted by Gasteiger charge is -1.98. The van der Waals surface area contributed by atoms with E-state index in [1.165, 1.54) is 0 Å². The minimum Gasteiger partial charge on any atom is -1.00 e. The molecule has 0 radical (unpaired) electrons. The van der Waals surface area contributed by atoms with Crippen molar-refractivity contribution in [2.24, 2.45) is 14.1 Å². The summed E-state index contributed by atoms with van der Waals surface area (Å²) in [6, 6.07) is 8.01. The van der Waals surface area contributed by atoms with E-state index in [1.54, 1.807) is 7.11 Å². The molecule has 0 saturated heterocycles. The molecule has 0 aliphatic heterocycles. The summed E-state index contributed by atoms with van der Waals surface area (Å²) >= 11 is 0. The number of benzene rings is 1. The number of ether oxygens (including phenoxy) is 1. The molecular weight excluding hydrogens is 339 g/mol. The number of methoxy groups -OCH3 is 1. The molecule has 1 aromatic carbocycles. The largest absolute Gasteiger partial charge is 1.00 e. The number of hydrogen-bond donors (Lipinski definition) is 0. The topological polar surface area (TPSA) is 18.0 Å². The molecule has 0 amide bonds. The fourth-order valence-corrected chi connectivity index (χ4v) is 1.72. The summed E-state index contributed by atoms with van der Waals surface area (Å²) in [4.78, 5) is 0. The van der Waals surface area contributed by atoms with Crippen molar-refractivity contribution in [2.45, 2.75) is 0 Å². The molecule has 0 spiro atoms. The zero-order valence-corrected chi connectivity index (χ0v) is 13.0. The number of hydrogen-bond acceptors (Lipinski definition) is 1. The molecule has 18 heavy (non-hydrogen) atoms. The molecule has 1 heterocycles. The van der Waals surface area contributed by atoms with Crippen LogP contribution in [0.5, 0.6) is 5.75 Å². The molecular formula is C14H17IN2O. The van der Waals surface area contributed by atoms with Gasteiger partial charge >= 0.3 is 0 Å². The molecule has 0 N–H and O–H groups in total. The number of rotatable bonds is 3. The molecule has 2 rings (SSSR count). The van der Waals surface area contributed by atoms with Gasteiger partial charge in [-0.1, -0.05) is 12.1 Å². The van der Waals surface area contributed by atoms with Crippen LogP contribution >= 0.6 is 0 Å². The Bertz CT molecular complexity index is 510. The van der Waals surface area contributed by atoms with Gasteiger partial charge in [0.2, 0.25) is 0 Å². The highest BCUT2D eigenvalue weighted by Gasteiger charge is 2.05. The number of nitrogens with zero attached hydrogens (tertiary/aromatic N) is 2. The average Bonchev–Trinajstić information content (AvgIpc) is 2.67. The van der Waals surface area contributed by atoms with Gasteiger partial charge < -0.3 is 28.7 Å². The molecule has 0 fully saturated rings. The molecule has 2 aromatic rings. The predicted molar refractivity (Wildman–Crippen MR) is 68.5 cm³/mol. The van der Waals surface area contributed by atoms with Crippen LogP contribution < -0.4 is 33.3 Å². The third kappa shape index (κ3) is 3.35. The standard InChI is InChI=1S/C14H17N2O.HI/c1-15-10-11-16(2)14(15)9-6-12-4-7-13(17-3)8-5-12;/h4-11H,1-3H3;1H/q+1;/p-1. The van der Waals surface area contributed by atoms with Gasteiger partial charge in [0, 0.05) is 6.08 Å². The Hall–Kier alpha value is -1.30. The highest BCUT2D eigenvalue weighted by atomic mass is 127. The van der Waals surface area contributed by atoms with Gasteiger partial charge in [-0.2, -0.15) is 0 Å². The van der Waals surface area contributed by atoms with E-state index < -0.39 is 0 Å². The fraction of sp³-hybridized carbons (Fsp3) is 0.214. The van der Waals surface area contributed by atoms with Crippen LogP contribution in [0.25, 0.3) is 12.2 Å². The van der Waals surface area contributed by atoms with Crippen LogP contribution in [0.1, 0.15) is 11.4 Å². The van der Waals surface area contributed by atoms with Crippen molar-refractivity contribution in [1.29, 1.82) is 0 Å². The van der Waals surface area contributed by atoms with E-state index in [0.29, 0.717) is 0 Å². The van der Waals surface area contributed by atoms with Crippen molar-refractivity contribution < 1.29 is 33.3 Å². The molecule has 0 atom stereocenters. The van der Waals surface area contributed by atoms with Crippen LogP contribution in [0.4, 0.5) is 0 Å². The highest BCUT2D eigenvalue weighted by molar-refractivity contribution is 5.66. The number of imidazole rings is 1. The van der Waals surface area contributed by atoms with Gasteiger partial charge in [0.05, 0.1) is 21.2 Å². The van der Waals surface area contributed by atoms with E-state index >= 15 is 0 Å². The number of aromatic nitrogens is 2. The van der Waals surface area contributed by atoms with Gasteiger partial charge in [0.15, 0.2) is 0 Å². The van der Waals surface area contributed by atoms with Crippen molar-refractivity contribution in [2.75, 3.05) is 7.11 Å². The van der Waals surface area contributed by atoms with Gasteiger partial charge in [0.25, 0.3) is 5.82 Å². The summed E-state index contributed by atoms with van der Waals surface area (Å²) in [5, 5.41) is 0. The quantitative estimate of drug-likeness (QED) is 0.512. The number of aryl methyl sites for hydroxylation is 2. The first kappa shape index (κ1) is 14.8. The first-order chi connectivity index (χ1) is 8.20. The third-order valence-electron chi connectivity index (χ3n) is 2.78. The van der Waals surface area contributed by atoms with Crippen molar-refractivity contribution in [1.82, 2.24) is 4.57 Å². The molecule has 0 bridgehead atoms. The second kappa shape index (κ2) is 6.58. The maximum atomic E-state index is 5.13. The zero-order chi connectivity index (χ0) is 12.3. The molecule has 3 nitrogen and oxygen atoms in total. The molecule has 0 aliphatic carbocycles. The SMILES string of the molecule is COc1ccc(C=Cc2n(C)cc[n+]2C)cc1.[I-]. The summed E-state index contributed by atoms with van der Waals surface area (Å²) in [5.41, 5.74) is 1.16. The van der Waals surface area contributed by atoms with Crippen LogP contribution in [-0.2, 0) is 14.1 Å². The van der Waals surface area contributed by atoms with Crippen molar-refractivity contribution >= 4 is 12.2 Å². The normalized spacial score (nSPS) is 10.4. The van der Waals surface area contributed by atoms with Crippen LogP contribution in [0.3, 0.4) is 0 Å². The Morgan fingerprint density at radius 1 is 1.17 bits per heavy atom. The Morgan fingerprint density at radius 3 is 2.33 bits per heavy atom. The molecule has 96 valence electrons. The summed E-state index contributed by atoms with van der Waals surface area (Å²) in [7, 11) is 5.75. The third-order valence-corrected chi connectivity index (χ3v) is 2.78. The maximum Gasteiger partial charge on any atom is 0.280 e. The van der Waals surface area contributed by atoms with Crippen molar-refractivity contribution in [3.63, 3.8) is 0 Å². The maximum absolute atomic E-state index is 5.13. The fourth-order valence-electron chi connectivity index (χ4n) is 1.72. The second-order valence-electron chi connectivity index (χ2n) is 3.98. The molecule has 0 saturated carbocycles.